The van der Waals surface area contributed by atoms with Gasteiger partial charge in [0.1, 0.15) is 28.0 Å². The lowest BCUT2D eigenvalue weighted by molar-refractivity contribution is -0.141. The van der Waals surface area contributed by atoms with Crippen LogP contribution >= 0.6 is 11.3 Å². The van der Waals surface area contributed by atoms with Crippen LogP contribution in [0.5, 0.6) is 0 Å². The van der Waals surface area contributed by atoms with E-state index >= 15 is 0 Å². The molecule has 0 aliphatic heterocycles. The number of nitrogens with one attached hydrogen (secondary N) is 2. The number of aliphatic hydroxyl groups excluding tert-OH is 2. The Kier molecular flexibility index (Phi) is 9.64. The van der Waals surface area contributed by atoms with Gasteiger partial charge in [0, 0.05) is 39.5 Å². The van der Waals surface area contributed by atoms with Crippen LogP contribution in [0.25, 0.3) is 20.8 Å². The smallest absolute Gasteiger partial charge is 0.224 e. The van der Waals surface area contributed by atoms with Gasteiger partial charge in [0.15, 0.2) is 0 Å². The summed E-state index contributed by atoms with van der Waals surface area (Å²) in [6.07, 6.45) is -0.367. The van der Waals surface area contributed by atoms with Crippen molar-refractivity contribution in [3.63, 3.8) is 0 Å². The Hall–Kier alpha value is -2.52. The number of ether oxygens (including phenoxy) is 3. The van der Waals surface area contributed by atoms with E-state index in [-0.39, 0.29) is 19.6 Å². The summed E-state index contributed by atoms with van der Waals surface area (Å²) in [5, 5.41) is 40.5. The Morgan fingerprint density at radius 1 is 1.08 bits per heavy atom. The van der Waals surface area contributed by atoms with Crippen molar-refractivity contribution in [2.75, 3.05) is 57.8 Å². The highest BCUT2D eigenvalue weighted by Gasteiger charge is 2.52. The average Bonchev–Trinajstić information content (AvgIpc) is 3.45. The van der Waals surface area contributed by atoms with Crippen LogP contribution in [0.3, 0.4) is 0 Å². The van der Waals surface area contributed by atoms with Gasteiger partial charge in [-0.15, -0.1) is 11.3 Å². The first-order chi connectivity index (χ1) is 18.7. The molecule has 39 heavy (non-hydrogen) atoms. The minimum atomic E-state index is -1.48. The molecule has 214 valence electrons. The van der Waals surface area contributed by atoms with Crippen molar-refractivity contribution < 1.29 is 29.5 Å². The lowest BCUT2D eigenvalue weighted by Gasteiger charge is -2.34. The molecule has 1 aliphatic rings. The van der Waals surface area contributed by atoms with Gasteiger partial charge < -0.3 is 40.2 Å². The van der Waals surface area contributed by atoms with E-state index < -0.39 is 29.8 Å². The van der Waals surface area contributed by atoms with Gasteiger partial charge in [-0.25, -0.2) is 9.97 Å². The summed E-state index contributed by atoms with van der Waals surface area (Å²) in [5.74, 6) is 0.165. The molecule has 0 bridgehead atoms. The van der Waals surface area contributed by atoms with Crippen molar-refractivity contribution in [2.24, 2.45) is 5.92 Å². The molecule has 1 saturated carbocycles. The number of methoxy groups -OCH3 is 2. The molecule has 0 spiro atoms. The number of anilines is 2. The summed E-state index contributed by atoms with van der Waals surface area (Å²) >= 11 is 1.50. The van der Waals surface area contributed by atoms with E-state index in [0.29, 0.717) is 47.8 Å². The third kappa shape index (κ3) is 6.30. The van der Waals surface area contributed by atoms with Gasteiger partial charge in [0.25, 0.3) is 0 Å². The van der Waals surface area contributed by atoms with Crippen LogP contribution < -0.4 is 10.6 Å². The van der Waals surface area contributed by atoms with Crippen molar-refractivity contribution >= 4 is 33.3 Å². The van der Waals surface area contributed by atoms with Gasteiger partial charge in [-0.1, -0.05) is 0 Å². The Morgan fingerprint density at radius 3 is 2.49 bits per heavy atom. The molecule has 0 radical (unpaired) electrons. The zero-order chi connectivity index (χ0) is 28.2. The predicted molar refractivity (Wildman–Crippen MR) is 149 cm³/mol. The largest absolute Gasteiger partial charge is 0.390 e. The Morgan fingerprint density at radius 2 is 1.82 bits per heavy atom. The number of aromatic nitrogens is 4. The second-order valence-corrected chi connectivity index (χ2v) is 10.8. The zero-order valence-electron chi connectivity index (χ0n) is 23.0. The summed E-state index contributed by atoms with van der Waals surface area (Å²) in [6.45, 7) is 7.26. The number of fused-ring (bicyclic) bond motifs is 1. The Bertz CT molecular complexity index is 1250. The third-order valence-corrected chi connectivity index (χ3v) is 8.05. The lowest BCUT2D eigenvalue weighted by atomic mass is 9.85. The maximum Gasteiger partial charge on any atom is 0.224 e. The number of aliphatic hydroxyl groups is 3. The van der Waals surface area contributed by atoms with Gasteiger partial charge >= 0.3 is 0 Å². The fourth-order valence-corrected chi connectivity index (χ4v) is 6.23. The molecule has 5 N–H and O–H groups in total. The molecule has 4 rings (SSSR count). The van der Waals surface area contributed by atoms with Crippen LogP contribution in [-0.2, 0) is 14.2 Å². The lowest BCUT2D eigenvalue weighted by Crippen LogP contribution is -2.50. The van der Waals surface area contributed by atoms with Crippen molar-refractivity contribution in [2.45, 2.75) is 51.0 Å². The molecule has 0 aromatic carbocycles. The number of rotatable bonds is 13. The highest BCUT2D eigenvalue weighted by Crippen LogP contribution is 2.40. The molecule has 4 atom stereocenters. The van der Waals surface area contributed by atoms with E-state index in [1.54, 1.807) is 6.20 Å². The van der Waals surface area contributed by atoms with Gasteiger partial charge in [0.2, 0.25) is 5.95 Å². The monoisotopic (exact) mass is 562 g/mol. The van der Waals surface area contributed by atoms with Gasteiger partial charge in [0.05, 0.1) is 53.6 Å². The average molecular weight is 563 g/mol. The summed E-state index contributed by atoms with van der Waals surface area (Å²) in [5.41, 5.74) is 1.54. The summed E-state index contributed by atoms with van der Waals surface area (Å²) in [6, 6.07) is 1.30. The predicted octanol–water partition coefficient (Wildman–Crippen LogP) is 1.76. The van der Waals surface area contributed by atoms with E-state index in [0.717, 1.165) is 15.9 Å². The summed E-state index contributed by atoms with van der Waals surface area (Å²) in [4.78, 5) is 18.6. The fourth-order valence-electron chi connectivity index (χ4n) is 5.12. The van der Waals surface area contributed by atoms with Crippen LogP contribution in [0.1, 0.15) is 24.7 Å². The second kappa shape index (κ2) is 12.8. The molecule has 3 heterocycles. The highest BCUT2D eigenvalue weighted by atomic mass is 32.1. The van der Waals surface area contributed by atoms with E-state index in [9.17, 15) is 15.3 Å². The number of hydrogen-bond acceptors (Lipinski definition) is 13. The maximum atomic E-state index is 11.2. The van der Waals surface area contributed by atoms with Gasteiger partial charge in [-0.2, -0.15) is 4.98 Å². The van der Waals surface area contributed by atoms with E-state index in [1.807, 2.05) is 26.8 Å². The Labute approximate surface area is 231 Å². The van der Waals surface area contributed by atoms with Gasteiger partial charge in [-0.05, 0) is 33.3 Å². The second-order valence-electron chi connectivity index (χ2n) is 9.79. The zero-order valence-corrected chi connectivity index (χ0v) is 23.8. The number of hydrogen-bond donors (Lipinski definition) is 5. The topological polar surface area (TPSA) is 164 Å². The third-order valence-electron chi connectivity index (χ3n) is 7.01. The standard InChI is InChI=1S/C26H38N6O6S/c1-6-38-10-9-28-25-29-14(2)19(24-31-20-15(3)27-8-7-18(20)39-24)23(32-25)30-17-11-16(21(33)22(17)34)26(35,12-36-4)13-37-5/h7-8,16-17,21-22,33-35H,6,9-13H2,1-5H3,(H2,28,29,30,32)/t16-,17+,21+,22-/m0/s1. The summed E-state index contributed by atoms with van der Waals surface area (Å²) in [7, 11) is 2.94. The van der Waals surface area contributed by atoms with Crippen LogP contribution in [-0.4, -0.2) is 106 Å². The normalized spacial score (nSPS) is 21.5. The minimum Gasteiger partial charge on any atom is -0.390 e. The van der Waals surface area contributed by atoms with Crippen molar-refractivity contribution in [3.8, 4) is 10.6 Å². The van der Waals surface area contributed by atoms with Gasteiger partial charge in [-0.3, -0.25) is 4.98 Å². The molecule has 0 saturated heterocycles. The molecule has 1 aliphatic carbocycles. The van der Waals surface area contributed by atoms with Crippen LogP contribution in [0.4, 0.5) is 11.8 Å². The molecule has 0 unspecified atom stereocenters. The highest BCUT2D eigenvalue weighted by molar-refractivity contribution is 7.21. The molecule has 3 aromatic rings. The van der Waals surface area contributed by atoms with E-state index in [4.69, 9.17) is 24.2 Å². The molecule has 1 fully saturated rings. The van der Waals surface area contributed by atoms with E-state index in [2.05, 4.69) is 20.6 Å². The van der Waals surface area contributed by atoms with Crippen molar-refractivity contribution in [1.29, 1.82) is 0 Å². The molecular formula is C26H38N6O6S. The molecular weight excluding hydrogens is 524 g/mol. The number of aryl methyl sites for hydroxylation is 2. The first kappa shape index (κ1) is 29.5. The van der Waals surface area contributed by atoms with Crippen LogP contribution in [0.2, 0.25) is 0 Å². The minimum absolute atomic E-state index is 0.0487. The maximum absolute atomic E-state index is 11.2. The molecule has 3 aromatic heterocycles. The SMILES string of the molecule is CCOCCNc1nc(C)c(-c2nc3c(C)nccc3s2)c(N[C@@H]2C[C@H](C(O)(COC)COC)[C@@H](O)[C@H]2O)n1. The molecule has 12 nitrogen and oxygen atoms in total. The van der Waals surface area contributed by atoms with Crippen LogP contribution in [0.15, 0.2) is 12.3 Å². The Balaban J connectivity index is 1.70. The quantitative estimate of drug-likeness (QED) is 0.192. The van der Waals surface area contributed by atoms with E-state index in [1.165, 1.54) is 25.6 Å². The van der Waals surface area contributed by atoms with Crippen molar-refractivity contribution in [1.82, 2.24) is 19.9 Å². The number of pyridine rings is 1. The molecule has 0 amide bonds. The first-order valence-electron chi connectivity index (χ1n) is 13.0. The molecule has 13 heteroatoms. The van der Waals surface area contributed by atoms with Crippen LogP contribution in [0, 0.1) is 19.8 Å². The fraction of sp³-hybridized carbons (Fsp3) is 0.615. The van der Waals surface area contributed by atoms with Crippen molar-refractivity contribution in [3.05, 3.63) is 23.7 Å². The first-order valence-corrected chi connectivity index (χ1v) is 13.8. The summed E-state index contributed by atoms with van der Waals surface area (Å²) < 4.78 is 16.8. The number of nitrogens with zero attached hydrogens (tertiary/aromatic N) is 4. The number of thiazole rings is 1.